The van der Waals surface area contributed by atoms with Gasteiger partial charge in [0.1, 0.15) is 6.10 Å². The van der Waals surface area contributed by atoms with Crippen molar-refractivity contribution >= 4 is 0 Å². The van der Waals surface area contributed by atoms with Crippen molar-refractivity contribution in [3.05, 3.63) is 0 Å². The second-order valence-corrected chi connectivity index (χ2v) is 3.08. The smallest absolute Gasteiger partial charge is 0.113 e. The van der Waals surface area contributed by atoms with E-state index < -0.39 is 0 Å². The van der Waals surface area contributed by atoms with Crippen molar-refractivity contribution < 1.29 is 9.47 Å². The molecule has 1 saturated heterocycles. The molecule has 0 amide bonds. The topological polar surface area (TPSA) is 21.8 Å². The van der Waals surface area contributed by atoms with Gasteiger partial charge in [-0.2, -0.15) is 0 Å². The summed E-state index contributed by atoms with van der Waals surface area (Å²) in [6.07, 6.45) is 0.544. The van der Waals surface area contributed by atoms with Crippen LogP contribution in [0.1, 0.15) is 20.8 Å². The Hall–Kier alpha value is -0.0800. The van der Waals surface area contributed by atoms with Crippen molar-refractivity contribution in [2.45, 2.75) is 38.6 Å². The second kappa shape index (κ2) is 1.96. The van der Waals surface area contributed by atoms with Crippen LogP contribution in [-0.4, -0.2) is 24.9 Å². The Morgan fingerprint density at radius 1 is 1.56 bits per heavy atom. The van der Waals surface area contributed by atoms with E-state index in [1.807, 2.05) is 6.92 Å². The molecule has 0 unspecified atom stereocenters. The summed E-state index contributed by atoms with van der Waals surface area (Å²) in [5.74, 6) is 0. The Morgan fingerprint density at radius 3 is 2.11 bits per heavy atom. The van der Waals surface area contributed by atoms with E-state index in [4.69, 9.17) is 9.47 Å². The van der Waals surface area contributed by atoms with Crippen LogP contribution in [-0.2, 0) is 9.47 Å². The molecule has 0 aromatic heterocycles. The molecule has 2 atom stereocenters. The van der Waals surface area contributed by atoms with Crippen LogP contribution >= 0.6 is 0 Å². The molecule has 1 aliphatic rings. The molecule has 0 aromatic carbocycles. The Labute approximate surface area is 56.2 Å². The molecule has 1 aliphatic heterocycles. The molecular weight excluding hydrogens is 116 g/mol. The first-order valence-corrected chi connectivity index (χ1v) is 3.28. The van der Waals surface area contributed by atoms with Crippen LogP contribution in [0.3, 0.4) is 0 Å². The fourth-order valence-electron chi connectivity index (χ4n) is 1.08. The number of hydrogen-bond acceptors (Lipinski definition) is 2. The predicted octanol–water partition coefficient (Wildman–Crippen LogP) is 1.20. The molecule has 54 valence electrons. The van der Waals surface area contributed by atoms with Gasteiger partial charge in [0.15, 0.2) is 0 Å². The maximum absolute atomic E-state index is 5.33. The molecule has 1 fully saturated rings. The highest BCUT2D eigenvalue weighted by molar-refractivity contribution is 4.98. The summed E-state index contributed by atoms with van der Waals surface area (Å²) in [5, 5.41) is 0. The third kappa shape index (κ3) is 1.25. The summed E-state index contributed by atoms with van der Waals surface area (Å²) in [7, 11) is 1.71. The summed E-state index contributed by atoms with van der Waals surface area (Å²) in [4.78, 5) is 0. The van der Waals surface area contributed by atoms with E-state index in [1.165, 1.54) is 0 Å². The lowest BCUT2D eigenvalue weighted by molar-refractivity contribution is 0.0909. The molecule has 2 heteroatoms. The van der Waals surface area contributed by atoms with E-state index in [1.54, 1.807) is 7.11 Å². The normalized spacial score (nSPS) is 34.0. The van der Waals surface area contributed by atoms with Gasteiger partial charge in [0.2, 0.25) is 0 Å². The molecule has 0 spiro atoms. The lowest BCUT2D eigenvalue weighted by Crippen LogP contribution is -2.18. The first-order chi connectivity index (χ1) is 4.08. The summed E-state index contributed by atoms with van der Waals surface area (Å²) in [6, 6.07) is 0. The number of rotatable bonds is 2. The van der Waals surface area contributed by atoms with Gasteiger partial charge in [0.25, 0.3) is 0 Å². The monoisotopic (exact) mass is 130 g/mol. The number of methoxy groups -OCH3 is 1. The van der Waals surface area contributed by atoms with Crippen LogP contribution in [0.2, 0.25) is 0 Å². The molecule has 2 nitrogen and oxygen atoms in total. The van der Waals surface area contributed by atoms with E-state index in [0.717, 1.165) is 0 Å². The van der Waals surface area contributed by atoms with Crippen molar-refractivity contribution in [2.24, 2.45) is 0 Å². The third-order valence-corrected chi connectivity index (χ3v) is 1.86. The standard InChI is InChI=1S/C7H14O2/c1-5(8-4)6-7(2,3)9-6/h5-6H,1-4H3/t5-,6-/m0/s1. The molecule has 0 aliphatic carbocycles. The van der Waals surface area contributed by atoms with Gasteiger partial charge in [0.05, 0.1) is 11.7 Å². The van der Waals surface area contributed by atoms with Crippen LogP contribution < -0.4 is 0 Å². The van der Waals surface area contributed by atoms with Crippen molar-refractivity contribution in [3.8, 4) is 0 Å². The number of ether oxygens (including phenoxy) is 2. The zero-order valence-electron chi connectivity index (χ0n) is 6.47. The zero-order valence-corrected chi connectivity index (χ0v) is 6.47. The molecular formula is C7H14O2. The van der Waals surface area contributed by atoms with E-state index in [9.17, 15) is 0 Å². The maximum Gasteiger partial charge on any atom is 0.113 e. The maximum atomic E-state index is 5.33. The van der Waals surface area contributed by atoms with Gasteiger partial charge < -0.3 is 9.47 Å². The van der Waals surface area contributed by atoms with Gasteiger partial charge in [-0.25, -0.2) is 0 Å². The van der Waals surface area contributed by atoms with Gasteiger partial charge >= 0.3 is 0 Å². The minimum Gasteiger partial charge on any atom is -0.379 e. The Morgan fingerprint density at radius 2 is 2.00 bits per heavy atom. The lowest BCUT2D eigenvalue weighted by atomic mass is 10.1. The second-order valence-electron chi connectivity index (χ2n) is 3.08. The quantitative estimate of drug-likeness (QED) is 0.524. The third-order valence-electron chi connectivity index (χ3n) is 1.86. The highest BCUT2D eigenvalue weighted by Crippen LogP contribution is 2.38. The minimum atomic E-state index is 0.0649. The Bertz CT molecular complexity index is 109. The molecule has 0 radical (unpaired) electrons. The molecule has 0 aromatic rings. The van der Waals surface area contributed by atoms with Crippen molar-refractivity contribution in [1.82, 2.24) is 0 Å². The fourth-order valence-corrected chi connectivity index (χ4v) is 1.08. The van der Waals surface area contributed by atoms with E-state index in [0.29, 0.717) is 6.10 Å². The van der Waals surface area contributed by atoms with Crippen LogP contribution in [0.25, 0.3) is 0 Å². The van der Waals surface area contributed by atoms with Crippen LogP contribution in [0.5, 0.6) is 0 Å². The summed E-state index contributed by atoms with van der Waals surface area (Å²) < 4.78 is 10.4. The minimum absolute atomic E-state index is 0.0649. The summed E-state index contributed by atoms with van der Waals surface area (Å²) in [5.41, 5.74) is 0.0649. The van der Waals surface area contributed by atoms with Crippen molar-refractivity contribution in [1.29, 1.82) is 0 Å². The molecule has 0 bridgehead atoms. The first-order valence-electron chi connectivity index (χ1n) is 3.28. The predicted molar refractivity (Wildman–Crippen MR) is 35.4 cm³/mol. The average Bonchev–Trinajstić information content (AvgIpc) is 2.38. The molecule has 0 N–H and O–H groups in total. The zero-order chi connectivity index (χ0) is 7.07. The SMILES string of the molecule is CO[C@@H](C)[C@@H]1OC1(C)C. The van der Waals surface area contributed by atoms with Crippen LogP contribution in [0.15, 0.2) is 0 Å². The fraction of sp³-hybridized carbons (Fsp3) is 1.00. The molecule has 9 heavy (non-hydrogen) atoms. The summed E-state index contributed by atoms with van der Waals surface area (Å²) >= 11 is 0. The van der Waals surface area contributed by atoms with Gasteiger partial charge in [-0.05, 0) is 20.8 Å². The largest absolute Gasteiger partial charge is 0.379 e. The highest BCUT2D eigenvalue weighted by atomic mass is 16.6. The van der Waals surface area contributed by atoms with Gasteiger partial charge in [-0.3, -0.25) is 0 Å². The first kappa shape index (κ1) is 7.03. The van der Waals surface area contributed by atoms with E-state index in [2.05, 4.69) is 13.8 Å². The van der Waals surface area contributed by atoms with Crippen molar-refractivity contribution in [2.75, 3.05) is 7.11 Å². The highest BCUT2D eigenvalue weighted by Gasteiger charge is 2.51. The summed E-state index contributed by atoms with van der Waals surface area (Å²) in [6.45, 7) is 6.18. The Kier molecular flexibility index (Phi) is 1.53. The molecule has 0 saturated carbocycles. The van der Waals surface area contributed by atoms with Crippen molar-refractivity contribution in [3.63, 3.8) is 0 Å². The van der Waals surface area contributed by atoms with E-state index >= 15 is 0 Å². The van der Waals surface area contributed by atoms with E-state index in [-0.39, 0.29) is 11.7 Å². The van der Waals surface area contributed by atoms with Crippen LogP contribution in [0, 0.1) is 0 Å². The molecule has 1 rings (SSSR count). The number of epoxide rings is 1. The van der Waals surface area contributed by atoms with Gasteiger partial charge in [-0.15, -0.1) is 0 Å². The average molecular weight is 130 g/mol. The Balaban J connectivity index is 2.33. The van der Waals surface area contributed by atoms with Gasteiger partial charge in [-0.1, -0.05) is 0 Å². The number of hydrogen-bond donors (Lipinski definition) is 0. The van der Waals surface area contributed by atoms with Gasteiger partial charge in [0, 0.05) is 7.11 Å². The molecule has 1 heterocycles. The van der Waals surface area contributed by atoms with Crippen LogP contribution in [0.4, 0.5) is 0 Å². The lowest BCUT2D eigenvalue weighted by Gasteiger charge is -2.05.